The lowest BCUT2D eigenvalue weighted by Gasteiger charge is -2.09. The molecule has 3 nitrogen and oxygen atoms in total. The molecule has 1 amide bonds. The molecule has 0 saturated heterocycles. The molecule has 0 aromatic heterocycles. The standard InChI is InChI=1S/C12H17BrN2O/c1-15(2)9-3-8-14-12(16)10-4-6-11(13)7-5-10/h4-7H,3,8-9H2,1-2H3,(H,14,16)/i13-4. The summed E-state index contributed by atoms with van der Waals surface area (Å²) < 4.78 is 0.983. The molecule has 0 heterocycles. The van der Waals surface area contributed by atoms with Crippen molar-refractivity contribution < 1.29 is 4.79 Å². The van der Waals surface area contributed by atoms with Crippen LogP contribution in [0.1, 0.15) is 16.8 Å². The second-order valence-corrected chi connectivity index (χ2v) is 4.84. The number of carbonyl (C=O) groups is 1. The zero-order valence-electron chi connectivity index (χ0n) is 9.66. The highest BCUT2D eigenvalue weighted by molar-refractivity contribution is 9.10. The van der Waals surface area contributed by atoms with Crippen LogP contribution in [0.15, 0.2) is 28.7 Å². The summed E-state index contributed by atoms with van der Waals surface area (Å²) in [5, 5.41) is 2.89. The first kappa shape index (κ1) is 13.2. The Morgan fingerprint density at radius 1 is 1.31 bits per heavy atom. The Morgan fingerprint density at radius 2 is 1.94 bits per heavy atom. The molecular weight excluding hydrogens is 264 g/mol. The third-order valence-corrected chi connectivity index (χ3v) is 2.70. The maximum Gasteiger partial charge on any atom is 0.251 e. The van der Waals surface area contributed by atoms with Crippen molar-refractivity contribution >= 4 is 21.8 Å². The SMILES string of the molecule is CN(C)CCCNC(=O)c1ccc([76Br])cc1. The van der Waals surface area contributed by atoms with Gasteiger partial charge in [0, 0.05) is 16.6 Å². The number of rotatable bonds is 5. The molecule has 1 rings (SSSR count). The molecule has 1 N–H and O–H groups in total. The van der Waals surface area contributed by atoms with E-state index in [1.165, 1.54) is 0 Å². The summed E-state index contributed by atoms with van der Waals surface area (Å²) in [5.74, 6) is -0.00810. The van der Waals surface area contributed by atoms with Gasteiger partial charge in [-0.1, -0.05) is 15.9 Å². The van der Waals surface area contributed by atoms with Crippen LogP contribution in [0.4, 0.5) is 0 Å². The van der Waals surface area contributed by atoms with E-state index >= 15 is 0 Å². The van der Waals surface area contributed by atoms with Crippen LogP contribution < -0.4 is 5.32 Å². The van der Waals surface area contributed by atoms with E-state index in [1.807, 2.05) is 38.4 Å². The Bertz CT molecular complexity index is 335. The smallest absolute Gasteiger partial charge is 0.251 e. The molecular formula is C12H17BrN2O. The highest BCUT2D eigenvalue weighted by Gasteiger charge is 2.03. The van der Waals surface area contributed by atoms with Crippen molar-refractivity contribution in [1.82, 2.24) is 10.2 Å². The third-order valence-electron chi connectivity index (χ3n) is 2.17. The molecule has 4 heteroatoms. The van der Waals surface area contributed by atoms with Crippen molar-refractivity contribution in [2.45, 2.75) is 6.42 Å². The quantitative estimate of drug-likeness (QED) is 0.839. The number of hydrogen-bond donors (Lipinski definition) is 1. The second kappa shape index (κ2) is 6.66. The van der Waals surface area contributed by atoms with Crippen molar-refractivity contribution in [3.63, 3.8) is 0 Å². The Hall–Kier alpha value is -0.870. The van der Waals surface area contributed by atoms with Crippen LogP contribution in [-0.2, 0) is 0 Å². The largest absolute Gasteiger partial charge is 0.352 e. The molecule has 16 heavy (non-hydrogen) atoms. The van der Waals surface area contributed by atoms with Crippen molar-refractivity contribution in [1.29, 1.82) is 0 Å². The van der Waals surface area contributed by atoms with Crippen LogP contribution in [-0.4, -0.2) is 38.0 Å². The zero-order valence-corrected chi connectivity index (χ0v) is 11.3. The first-order chi connectivity index (χ1) is 7.59. The summed E-state index contributed by atoms with van der Waals surface area (Å²) in [5.41, 5.74) is 0.702. The van der Waals surface area contributed by atoms with Crippen LogP contribution in [0.2, 0.25) is 0 Å². The van der Waals surface area contributed by atoms with Crippen LogP contribution in [0, 0.1) is 0 Å². The van der Waals surface area contributed by atoms with Crippen molar-refractivity contribution in [2.75, 3.05) is 27.2 Å². The van der Waals surface area contributed by atoms with Gasteiger partial charge >= 0.3 is 0 Å². The fourth-order valence-corrected chi connectivity index (χ4v) is 1.56. The summed E-state index contributed by atoms with van der Waals surface area (Å²) >= 11 is 3.34. The van der Waals surface area contributed by atoms with E-state index in [0.29, 0.717) is 12.1 Å². The van der Waals surface area contributed by atoms with Crippen LogP contribution in [0.25, 0.3) is 0 Å². The average Bonchev–Trinajstić information content (AvgIpc) is 2.25. The molecule has 0 bridgehead atoms. The van der Waals surface area contributed by atoms with E-state index in [0.717, 1.165) is 17.4 Å². The van der Waals surface area contributed by atoms with Crippen LogP contribution in [0.5, 0.6) is 0 Å². The molecule has 0 aliphatic heterocycles. The monoisotopic (exact) mass is 281 g/mol. The number of benzene rings is 1. The number of halogens is 1. The van der Waals surface area contributed by atoms with Gasteiger partial charge in [0.15, 0.2) is 0 Å². The maximum absolute atomic E-state index is 11.7. The van der Waals surface area contributed by atoms with Gasteiger partial charge in [-0.3, -0.25) is 4.79 Å². The minimum absolute atomic E-state index is 0.00810. The number of nitrogens with one attached hydrogen (secondary N) is 1. The number of nitrogens with zero attached hydrogens (tertiary/aromatic N) is 1. The molecule has 0 saturated carbocycles. The van der Waals surface area contributed by atoms with Crippen molar-refractivity contribution in [3.05, 3.63) is 34.3 Å². The predicted octanol–water partition coefficient (Wildman–Crippen LogP) is 2.13. The highest BCUT2D eigenvalue weighted by Crippen LogP contribution is 2.10. The van der Waals surface area contributed by atoms with Gasteiger partial charge in [-0.2, -0.15) is 0 Å². The normalized spacial score (nSPS) is 10.5. The summed E-state index contributed by atoms with van der Waals surface area (Å²) in [6, 6.07) is 7.36. The molecule has 0 unspecified atom stereocenters. The number of hydrogen-bond acceptors (Lipinski definition) is 2. The Labute approximate surface area is 105 Å². The summed E-state index contributed by atoms with van der Waals surface area (Å²) in [7, 11) is 4.05. The van der Waals surface area contributed by atoms with Crippen LogP contribution >= 0.6 is 15.9 Å². The van der Waals surface area contributed by atoms with E-state index in [4.69, 9.17) is 0 Å². The molecule has 0 spiro atoms. The lowest BCUT2D eigenvalue weighted by atomic mass is 10.2. The number of amides is 1. The van der Waals surface area contributed by atoms with E-state index < -0.39 is 0 Å². The van der Waals surface area contributed by atoms with E-state index in [9.17, 15) is 4.79 Å². The molecule has 1 aromatic rings. The highest BCUT2D eigenvalue weighted by atomic mass is 75.9. The minimum atomic E-state index is -0.00810. The molecule has 88 valence electrons. The van der Waals surface area contributed by atoms with Gasteiger partial charge in [-0.25, -0.2) is 0 Å². The van der Waals surface area contributed by atoms with Gasteiger partial charge < -0.3 is 10.2 Å². The third kappa shape index (κ3) is 4.77. The lowest BCUT2D eigenvalue weighted by Crippen LogP contribution is -2.27. The summed E-state index contributed by atoms with van der Waals surface area (Å²) in [4.78, 5) is 13.8. The molecule has 0 aliphatic rings. The van der Waals surface area contributed by atoms with Gasteiger partial charge in [0.2, 0.25) is 0 Å². The van der Waals surface area contributed by atoms with E-state index in [2.05, 4.69) is 26.1 Å². The Morgan fingerprint density at radius 3 is 2.50 bits per heavy atom. The molecule has 0 aliphatic carbocycles. The second-order valence-electron chi connectivity index (χ2n) is 3.92. The number of carbonyl (C=O) groups excluding carboxylic acids is 1. The first-order valence-electron chi connectivity index (χ1n) is 5.28. The molecule has 0 atom stereocenters. The minimum Gasteiger partial charge on any atom is -0.352 e. The summed E-state index contributed by atoms with van der Waals surface area (Å²) in [6.07, 6.45) is 0.968. The van der Waals surface area contributed by atoms with Crippen molar-refractivity contribution in [3.8, 4) is 0 Å². The molecule has 0 fully saturated rings. The van der Waals surface area contributed by atoms with E-state index in [-0.39, 0.29) is 5.91 Å². The lowest BCUT2D eigenvalue weighted by molar-refractivity contribution is 0.0952. The van der Waals surface area contributed by atoms with Gasteiger partial charge in [0.25, 0.3) is 5.91 Å². The molecule has 1 aromatic carbocycles. The van der Waals surface area contributed by atoms with Gasteiger partial charge in [0.05, 0.1) is 0 Å². The Kier molecular flexibility index (Phi) is 5.49. The fourth-order valence-electron chi connectivity index (χ4n) is 1.30. The topological polar surface area (TPSA) is 32.3 Å². The first-order valence-corrected chi connectivity index (χ1v) is 6.07. The van der Waals surface area contributed by atoms with E-state index in [1.54, 1.807) is 0 Å². The predicted molar refractivity (Wildman–Crippen MR) is 69.6 cm³/mol. The Balaban J connectivity index is 2.32. The summed E-state index contributed by atoms with van der Waals surface area (Å²) in [6.45, 7) is 1.70. The fraction of sp³-hybridized carbons (Fsp3) is 0.417. The van der Waals surface area contributed by atoms with Crippen LogP contribution in [0.3, 0.4) is 0 Å². The molecule has 0 radical (unpaired) electrons. The van der Waals surface area contributed by atoms with Crippen molar-refractivity contribution in [2.24, 2.45) is 0 Å². The van der Waals surface area contributed by atoms with Gasteiger partial charge in [0.1, 0.15) is 0 Å². The zero-order chi connectivity index (χ0) is 12.0. The maximum atomic E-state index is 11.7. The average molecular weight is 281 g/mol. The van der Waals surface area contributed by atoms with Gasteiger partial charge in [-0.05, 0) is 51.3 Å². The van der Waals surface area contributed by atoms with Gasteiger partial charge in [-0.15, -0.1) is 0 Å².